The van der Waals surface area contributed by atoms with Crippen LogP contribution >= 0.6 is 0 Å². The number of nitrogens with one attached hydrogen (secondary N) is 1. The van der Waals surface area contributed by atoms with Gasteiger partial charge in [-0.3, -0.25) is 0 Å². The van der Waals surface area contributed by atoms with E-state index in [1.807, 2.05) is 19.1 Å². The number of fused-ring (bicyclic) bond motifs is 1. The van der Waals surface area contributed by atoms with E-state index in [0.29, 0.717) is 12.4 Å². The quantitative estimate of drug-likeness (QED) is 0.834. The Kier molecular flexibility index (Phi) is 4.49. The van der Waals surface area contributed by atoms with Gasteiger partial charge in [0.2, 0.25) is 0 Å². The fraction of sp³-hybridized carbons (Fsp3) is 0.533. The number of ether oxygens (including phenoxy) is 3. The molecule has 2 atom stereocenters. The molecule has 0 radical (unpaired) electrons. The number of carbonyl (C=O) groups excluding carboxylic acids is 1. The van der Waals surface area contributed by atoms with E-state index in [4.69, 9.17) is 14.2 Å². The third-order valence-electron chi connectivity index (χ3n) is 3.37. The monoisotopic (exact) mass is 279 g/mol. The standard InChI is InChI=1S/C15H21NO4/c1-5-19-15(17)14(16-3)11-8-12-10(6-9(2)20-12)7-13(11)18-4/h7-9,14,16H,5-6H2,1-4H3. The predicted octanol–water partition coefficient (Wildman–Crippen LogP) is 1.84. The molecule has 0 saturated heterocycles. The normalized spacial score (nSPS) is 18.1. The van der Waals surface area contributed by atoms with Crippen molar-refractivity contribution >= 4 is 5.97 Å². The Morgan fingerprint density at radius 1 is 1.55 bits per heavy atom. The van der Waals surface area contributed by atoms with Crippen molar-refractivity contribution in [2.75, 3.05) is 20.8 Å². The van der Waals surface area contributed by atoms with Gasteiger partial charge in [-0.25, -0.2) is 4.79 Å². The molecule has 0 saturated carbocycles. The van der Waals surface area contributed by atoms with Crippen LogP contribution in [0.3, 0.4) is 0 Å². The number of methoxy groups -OCH3 is 1. The Balaban J connectivity index is 2.39. The molecule has 2 unspecified atom stereocenters. The van der Waals surface area contributed by atoms with Gasteiger partial charge in [-0.15, -0.1) is 0 Å². The second kappa shape index (κ2) is 6.13. The molecular weight excluding hydrogens is 258 g/mol. The maximum absolute atomic E-state index is 12.0. The number of hydrogen-bond donors (Lipinski definition) is 1. The summed E-state index contributed by atoms with van der Waals surface area (Å²) in [7, 11) is 3.32. The van der Waals surface area contributed by atoms with Crippen molar-refractivity contribution in [2.45, 2.75) is 32.4 Å². The third-order valence-corrected chi connectivity index (χ3v) is 3.37. The van der Waals surface area contributed by atoms with Crippen LogP contribution in [-0.2, 0) is 16.0 Å². The Morgan fingerprint density at radius 3 is 2.90 bits per heavy atom. The van der Waals surface area contributed by atoms with Crippen molar-refractivity contribution in [3.63, 3.8) is 0 Å². The largest absolute Gasteiger partial charge is 0.496 e. The molecule has 1 N–H and O–H groups in total. The lowest BCUT2D eigenvalue weighted by atomic mass is 10.0. The van der Waals surface area contributed by atoms with E-state index in [9.17, 15) is 4.79 Å². The first kappa shape index (κ1) is 14.7. The van der Waals surface area contributed by atoms with Crippen LogP contribution in [-0.4, -0.2) is 32.8 Å². The van der Waals surface area contributed by atoms with E-state index in [0.717, 1.165) is 23.3 Å². The van der Waals surface area contributed by atoms with Crippen molar-refractivity contribution < 1.29 is 19.0 Å². The zero-order valence-electron chi connectivity index (χ0n) is 12.4. The SMILES string of the molecule is CCOC(=O)C(NC)c1cc2c(cc1OC)CC(C)O2. The van der Waals surface area contributed by atoms with Crippen LogP contribution in [0.5, 0.6) is 11.5 Å². The summed E-state index contributed by atoms with van der Waals surface area (Å²) >= 11 is 0. The first-order chi connectivity index (χ1) is 9.60. The highest BCUT2D eigenvalue weighted by atomic mass is 16.5. The highest BCUT2D eigenvalue weighted by molar-refractivity contribution is 5.79. The van der Waals surface area contributed by atoms with Crippen LogP contribution in [0.1, 0.15) is 31.0 Å². The van der Waals surface area contributed by atoms with E-state index in [1.165, 1.54) is 0 Å². The second-order valence-electron chi connectivity index (χ2n) is 4.81. The molecule has 1 aliphatic heterocycles. The number of carbonyl (C=O) groups is 1. The van der Waals surface area contributed by atoms with E-state index in [2.05, 4.69) is 5.32 Å². The Morgan fingerprint density at radius 2 is 2.30 bits per heavy atom. The smallest absolute Gasteiger partial charge is 0.327 e. The minimum Gasteiger partial charge on any atom is -0.496 e. The van der Waals surface area contributed by atoms with Crippen molar-refractivity contribution in [1.29, 1.82) is 0 Å². The topological polar surface area (TPSA) is 56.8 Å². The first-order valence-electron chi connectivity index (χ1n) is 6.82. The van der Waals surface area contributed by atoms with Crippen LogP contribution in [0.2, 0.25) is 0 Å². The molecule has 1 heterocycles. The summed E-state index contributed by atoms with van der Waals surface area (Å²) in [5, 5.41) is 2.97. The second-order valence-corrected chi connectivity index (χ2v) is 4.81. The van der Waals surface area contributed by atoms with Crippen molar-refractivity contribution in [3.8, 4) is 11.5 Å². The number of rotatable bonds is 5. The molecule has 0 aromatic heterocycles. The van der Waals surface area contributed by atoms with Gasteiger partial charge in [-0.2, -0.15) is 0 Å². The Bertz CT molecular complexity index is 501. The van der Waals surface area contributed by atoms with Crippen LogP contribution in [0.4, 0.5) is 0 Å². The van der Waals surface area contributed by atoms with Gasteiger partial charge in [0.05, 0.1) is 13.7 Å². The minimum atomic E-state index is -0.560. The van der Waals surface area contributed by atoms with E-state index in [1.54, 1.807) is 21.1 Å². The van der Waals surface area contributed by atoms with E-state index >= 15 is 0 Å². The average molecular weight is 279 g/mol. The lowest BCUT2D eigenvalue weighted by molar-refractivity contribution is -0.145. The Hall–Kier alpha value is -1.75. The number of esters is 1. The van der Waals surface area contributed by atoms with Gasteiger partial charge in [0.1, 0.15) is 23.6 Å². The highest BCUT2D eigenvalue weighted by Crippen LogP contribution is 2.37. The molecule has 5 heteroatoms. The maximum atomic E-state index is 12.0. The van der Waals surface area contributed by atoms with Crippen LogP contribution < -0.4 is 14.8 Å². The number of likely N-dealkylation sites (N-methyl/N-ethyl adjacent to an activating group) is 1. The lowest BCUT2D eigenvalue weighted by Crippen LogP contribution is -2.27. The van der Waals surface area contributed by atoms with Gasteiger partial charge < -0.3 is 19.5 Å². The van der Waals surface area contributed by atoms with Crippen LogP contribution in [0.15, 0.2) is 12.1 Å². The molecule has 2 rings (SSSR count). The van der Waals surface area contributed by atoms with E-state index in [-0.39, 0.29) is 12.1 Å². The summed E-state index contributed by atoms with van der Waals surface area (Å²) in [5.74, 6) is 1.17. The van der Waals surface area contributed by atoms with Crippen molar-refractivity contribution in [1.82, 2.24) is 5.32 Å². The van der Waals surface area contributed by atoms with Gasteiger partial charge in [0, 0.05) is 17.5 Å². The van der Waals surface area contributed by atoms with Crippen LogP contribution in [0.25, 0.3) is 0 Å². The van der Waals surface area contributed by atoms with Crippen molar-refractivity contribution in [3.05, 3.63) is 23.3 Å². The maximum Gasteiger partial charge on any atom is 0.327 e. The molecule has 0 amide bonds. The Labute approximate surface area is 119 Å². The molecule has 20 heavy (non-hydrogen) atoms. The summed E-state index contributed by atoms with van der Waals surface area (Å²) in [4.78, 5) is 12.0. The molecule has 0 aliphatic carbocycles. The first-order valence-corrected chi connectivity index (χ1v) is 6.82. The molecular formula is C15H21NO4. The summed E-state index contributed by atoms with van der Waals surface area (Å²) < 4.78 is 16.3. The van der Waals surface area contributed by atoms with Crippen molar-refractivity contribution in [2.24, 2.45) is 0 Å². The third kappa shape index (κ3) is 2.72. The van der Waals surface area contributed by atoms with Crippen LogP contribution in [0, 0.1) is 0 Å². The molecule has 1 aliphatic rings. The molecule has 1 aromatic rings. The molecule has 0 fully saturated rings. The fourth-order valence-electron chi connectivity index (χ4n) is 2.48. The van der Waals surface area contributed by atoms with Gasteiger partial charge in [0.25, 0.3) is 0 Å². The predicted molar refractivity (Wildman–Crippen MR) is 75.2 cm³/mol. The van der Waals surface area contributed by atoms with Gasteiger partial charge >= 0.3 is 5.97 Å². The highest BCUT2D eigenvalue weighted by Gasteiger charge is 2.28. The van der Waals surface area contributed by atoms with Gasteiger partial charge in [0.15, 0.2) is 0 Å². The zero-order chi connectivity index (χ0) is 14.7. The molecule has 1 aromatic carbocycles. The van der Waals surface area contributed by atoms with Gasteiger partial charge in [-0.05, 0) is 33.0 Å². The summed E-state index contributed by atoms with van der Waals surface area (Å²) in [6, 6.07) is 3.25. The molecule has 0 bridgehead atoms. The summed E-state index contributed by atoms with van der Waals surface area (Å²) in [6.07, 6.45) is 1.01. The lowest BCUT2D eigenvalue weighted by Gasteiger charge is -2.19. The summed E-state index contributed by atoms with van der Waals surface area (Å²) in [6.45, 7) is 4.15. The van der Waals surface area contributed by atoms with Gasteiger partial charge in [-0.1, -0.05) is 0 Å². The van der Waals surface area contributed by atoms with E-state index < -0.39 is 6.04 Å². The molecule has 110 valence electrons. The summed E-state index contributed by atoms with van der Waals surface area (Å²) in [5.41, 5.74) is 1.85. The minimum absolute atomic E-state index is 0.153. The molecule has 0 spiro atoms. The fourth-order valence-corrected chi connectivity index (χ4v) is 2.48. The number of benzene rings is 1. The average Bonchev–Trinajstić information content (AvgIpc) is 2.78. The molecule has 5 nitrogen and oxygen atoms in total. The number of hydrogen-bond acceptors (Lipinski definition) is 5. The zero-order valence-corrected chi connectivity index (χ0v) is 12.4.